The predicted octanol–water partition coefficient (Wildman–Crippen LogP) is 4.89. The minimum absolute atomic E-state index is 0.607. The molecule has 1 aromatic rings. The summed E-state index contributed by atoms with van der Waals surface area (Å²) in [5.74, 6) is 0. The number of hydrogen-bond donors (Lipinski definition) is 0. The largest absolute Gasteiger partial charge is 0.416 e. The van der Waals surface area contributed by atoms with Gasteiger partial charge in [0.2, 0.25) is 0 Å². The van der Waals surface area contributed by atoms with Crippen molar-refractivity contribution >= 4 is 21.5 Å². The van der Waals surface area contributed by atoms with E-state index < -0.39 is 11.7 Å². The Hall–Kier alpha value is -0.770. The number of benzene rings is 1. The molecule has 0 heterocycles. The van der Waals surface area contributed by atoms with E-state index in [4.69, 9.17) is 0 Å². The van der Waals surface area contributed by atoms with E-state index in [0.717, 1.165) is 35.0 Å². The highest BCUT2D eigenvalue weighted by Crippen LogP contribution is 2.30. The summed E-state index contributed by atoms with van der Waals surface area (Å²) in [6.45, 7) is 1.89. The van der Waals surface area contributed by atoms with Gasteiger partial charge in [0, 0.05) is 5.33 Å². The van der Waals surface area contributed by atoms with Crippen LogP contribution in [-0.2, 0) is 6.18 Å². The van der Waals surface area contributed by atoms with E-state index in [1.54, 1.807) is 0 Å². The molecule has 0 amide bonds. The van der Waals surface area contributed by atoms with Crippen LogP contribution in [0.3, 0.4) is 0 Å². The first-order valence-electron chi connectivity index (χ1n) is 4.85. The maximum absolute atomic E-state index is 12.3. The van der Waals surface area contributed by atoms with Crippen molar-refractivity contribution in [3.63, 3.8) is 0 Å². The third-order valence-corrected chi connectivity index (χ3v) is 2.69. The van der Waals surface area contributed by atoms with Crippen LogP contribution in [0.4, 0.5) is 13.2 Å². The van der Waals surface area contributed by atoms with Crippen molar-refractivity contribution in [1.29, 1.82) is 0 Å². The Morgan fingerprint density at radius 2 is 1.81 bits per heavy atom. The molecule has 0 unspecified atom stereocenters. The van der Waals surface area contributed by atoms with Gasteiger partial charge in [0.05, 0.1) is 5.56 Å². The maximum atomic E-state index is 12.3. The van der Waals surface area contributed by atoms with Gasteiger partial charge >= 0.3 is 6.18 Å². The molecule has 0 nitrogen and oxygen atoms in total. The summed E-state index contributed by atoms with van der Waals surface area (Å²) in [6, 6.07) is 5.23. The van der Waals surface area contributed by atoms with E-state index in [1.807, 2.05) is 13.0 Å². The van der Waals surface area contributed by atoms with Gasteiger partial charge in [-0.15, -0.1) is 0 Å². The van der Waals surface area contributed by atoms with Crippen LogP contribution >= 0.6 is 15.9 Å². The lowest BCUT2D eigenvalue weighted by molar-refractivity contribution is -0.137. The number of hydrogen-bond acceptors (Lipinski definition) is 0. The molecule has 1 aromatic carbocycles. The smallest absolute Gasteiger partial charge is 0.166 e. The lowest BCUT2D eigenvalue weighted by Gasteiger charge is -2.07. The molecule has 0 saturated carbocycles. The molecular formula is C12H12BrF3. The van der Waals surface area contributed by atoms with E-state index in [9.17, 15) is 13.2 Å². The second-order valence-corrected chi connectivity index (χ2v) is 4.23. The van der Waals surface area contributed by atoms with Gasteiger partial charge < -0.3 is 0 Å². The van der Waals surface area contributed by atoms with Crippen molar-refractivity contribution in [2.75, 3.05) is 5.33 Å². The van der Waals surface area contributed by atoms with Gasteiger partial charge in [-0.1, -0.05) is 34.1 Å². The normalized spacial score (nSPS) is 12.9. The number of allylic oxidation sites excluding steroid dienone is 2. The average Bonchev–Trinajstić information content (AvgIpc) is 2.25. The fraction of sp³-hybridized carbons (Fsp3) is 0.333. The van der Waals surface area contributed by atoms with E-state index in [2.05, 4.69) is 15.9 Å². The third-order valence-electron chi connectivity index (χ3n) is 2.23. The predicted molar refractivity (Wildman–Crippen MR) is 63.5 cm³/mol. The third kappa shape index (κ3) is 3.67. The molecule has 0 fully saturated rings. The van der Waals surface area contributed by atoms with Crippen LogP contribution in [0.5, 0.6) is 0 Å². The summed E-state index contributed by atoms with van der Waals surface area (Å²) in [5, 5.41) is 0.852. The molecule has 88 valence electrons. The topological polar surface area (TPSA) is 0 Å². The van der Waals surface area contributed by atoms with Crippen molar-refractivity contribution in [3.05, 3.63) is 41.5 Å². The fourth-order valence-corrected chi connectivity index (χ4v) is 1.54. The van der Waals surface area contributed by atoms with Crippen molar-refractivity contribution in [2.45, 2.75) is 19.5 Å². The Morgan fingerprint density at radius 1 is 1.25 bits per heavy atom. The summed E-state index contributed by atoms with van der Waals surface area (Å²) in [4.78, 5) is 0. The molecule has 0 aliphatic carbocycles. The zero-order valence-corrected chi connectivity index (χ0v) is 10.4. The SMILES string of the molecule is C/C(=C\CCBr)c1ccc(C(F)(F)F)cc1. The molecule has 0 saturated heterocycles. The lowest BCUT2D eigenvalue weighted by atomic mass is 10.0. The molecule has 0 spiro atoms. The van der Waals surface area contributed by atoms with E-state index in [-0.39, 0.29) is 0 Å². The maximum Gasteiger partial charge on any atom is 0.416 e. The van der Waals surface area contributed by atoms with Gasteiger partial charge in [-0.3, -0.25) is 0 Å². The van der Waals surface area contributed by atoms with Crippen LogP contribution in [-0.4, -0.2) is 5.33 Å². The zero-order chi connectivity index (χ0) is 12.2. The molecule has 0 aliphatic heterocycles. The van der Waals surface area contributed by atoms with Crippen LogP contribution in [0.1, 0.15) is 24.5 Å². The average molecular weight is 293 g/mol. The van der Waals surface area contributed by atoms with Gasteiger partial charge in [-0.05, 0) is 36.6 Å². The Balaban J connectivity index is 2.87. The second kappa shape index (κ2) is 5.53. The number of alkyl halides is 4. The van der Waals surface area contributed by atoms with Gasteiger partial charge in [-0.2, -0.15) is 13.2 Å². The standard InChI is InChI=1S/C12H12BrF3/c1-9(3-2-8-13)10-4-6-11(7-5-10)12(14,15)16/h3-7H,2,8H2,1H3/b9-3+. The summed E-state index contributed by atoms with van der Waals surface area (Å²) >= 11 is 3.29. The van der Waals surface area contributed by atoms with E-state index in [0.29, 0.717) is 0 Å². The number of halogens is 4. The Bertz CT molecular complexity index is 363. The van der Waals surface area contributed by atoms with Gasteiger partial charge in [0.1, 0.15) is 0 Å². The van der Waals surface area contributed by atoms with Crippen LogP contribution in [0.15, 0.2) is 30.3 Å². The second-order valence-electron chi connectivity index (χ2n) is 3.44. The summed E-state index contributed by atoms with van der Waals surface area (Å²) in [7, 11) is 0. The van der Waals surface area contributed by atoms with Crippen molar-refractivity contribution < 1.29 is 13.2 Å². The minimum atomic E-state index is -4.26. The highest BCUT2D eigenvalue weighted by molar-refractivity contribution is 9.09. The zero-order valence-electron chi connectivity index (χ0n) is 8.81. The summed E-state index contributed by atoms with van der Waals surface area (Å²) in [6.07, 6.45) is -1.39. The first-order chi connectivity index (χ1) is 7.45. The van der Waals surface area contributed by atoms with Gasteiger partial charge in [0.15, 0.2) is 0 Å². The van der Waals surface area contributed by atoms with E-state index in [1.165, 1.54) is 12.1 Å². The van der Waals surface area contributed by atoms with Crippen LogP contribution in [0.25, 0.3) is 5.57 Å². The first kappa shape index (κ1) is 13.3. The molecule has 16 heavy (non-hydrogen) atoms. The molecule has 1 rings (SSSR count). The fourth-order valence-electron chi connectivity index (χ4n) is 1.31. The number of rotatable bonds is 3. The van der Waals surface area contributed by atoms with Gasteiger partial charge in [-0.25, -0.2) is 0 Å². The molecule has 0 aromatic heterocycles. The lowest BCUT2D eigenvalue weighted by Crippen LogP contribution is -2.04. The van der Waals surface area contributed by atoms with Crippen LogP contribution in [0.2, 0.25) is 0 Å². The molecule has 0 bridgehead atoms. The minimum Gasteiger partial charge on any atom is -0.166 e. The summed E-state index contributed by atoms with van der Waals surface area (Å²) in [5.41, 5.74) is 1.21. The van der Waals surface area contributed by atoms with Crippen LogP contribution in [0, 0.1) is 0 Å². The quantitative estimate of drug-likeness (QED) is 0.696. The molecule has 4 heteroatoms. The summed E-state index contributed by atoms with van der Waals surface area (Å²) < 4.78 is 36.9. The van der Waals surface area contributed by atoms with Gasteiger partial charge in [0.25, 0.3) is 0 Å². The Labute approximate surface area is 101 Å². The molecule has 0 N–H and O–H groups in total. The highest BCUT2D eigenvalue weighted by Gasteiger charge is 2.29. The molecule has 0 radical (unpaired) electrons. The van der Waals surface area contributed by atoms with Crippen molar-refractivity contribution in [2.24, 2.45) is 0 Å². The molecular weight excluding hydrogens is 281 g/mol. The molecule has 0 aliphatic rings. The first-order valence-corrected chi connectivity index (χ1v) is 5.97. The Morgan fingerprint density at radius 3 is 2.25 bits per heavy atom. The molecule has 0 atom stereocenters. The van der Waals surface area contributed by atoms with Crippen molar-refractivity contribution in [3.8, 4) is 0 Å². The van der Waals surface area contributed by atoms with E-state index >= 15 is 0 Å². The Kier molecular flexibility index (Phi) is 4.59. The van der Waals surface area contributed by atoms with Crippen molar-refractivity contribution in [1.82, 2.24) is 0 Å². The highest BCUT2D eigenvalue weighted by atomic mass is 79.9. The monoisotopic (exact) mass is 292 g/mol. The van der Waals surface area contributed by atoms with Crippen LogP contribution < -0.4 is 0 Å².